The predicted molar refractivity (Wildman–Crippen MR) is 260 cm³/mol. The van der Waals surface area contributed by atoms with Gasteiger partial charge in [-0.25, -0.2) is 0 Å². The quantitative estimate of drug-likeness (QED) is 0.0602. The molecule has 5 aromatic rings. The van der Waals surface area contributed by atoms with Gasteiger partial charge < -0.3 is 21.3 Å². The lowest BCUT2D eigenvalue weighted by molar-refractivity contribution is 0.609. The fourth-order valence-electron chi connectivity index (χ4n) is 7.54. The lowest BCUT2D eigenvalue weighted by atomic mass is 9.94. The number of nitrogens with zero attached hydrogens (tertiary/aromatic N) is 2. The zero-order chi connectivity index (χ0) is 40.2. The van der Waals surface area contributed by atoms with Crippen LogP contribution in [-0.4, -0.2) is 13.1 Å². The monoisotopic (exact) mass is 1010 g/mol. The predicted octanol–water partition coefficient (Wildman–Crippen LogP) is 16.8. The van der Waals surface area contributed by atoms with E-state index in [4.69, 9.17) is 11.5 Å². The standard InChI is InChI=1S/C48H58Br4N4/c1-5-7-9-11-13-15-25-55(37-21-17-35(49)18-22-37)47-31-39(43(51)27-33(47)3)41-29-46(54)42(30-45(41)53)40-32-48(34(4)28-44(40)52)56(26-16-14-12-10-8-6-2)38-23-19-36(50)20-24-38/h17-24,27-32H,5-16,25-26,53-54H2,1-4H3. The van der Waals surface area contributed by atoms with Crippen molar-refractivity contribution in [1.29, 1.82) is 0 Å². The number of halogens is 4. The van der Waals surface area contributed by atoms with Crippen molar-refractivity contribution in [2.45, 2.75) is 105 Å². The van der Waals surface area contributed by atoms with Crippen LogP contribution in [0.25, 0.3) is 22.3 Å². The number of hydrogen-bond donors (Lipinski definition) is 2. The Bertz CT molecular complexity index is 1880. The molecule has 0 unspecified atom stereocenters. The third kappa shape index (κ3) is 11.7. The molecule has 0 saturated carbocycles. The molecule has 0 aliphatic heterocycles. The van der Waals surface area contributed by atoms with Gasteiger partial charge in [0.1, 0.15) is 0 Å². The fourth-order valence-corrected chi connectivity index (χ4v) is 9.41. The molecule has 0 fully saturated rings. The van der Waals surface area contributed by atoms with E-state index in [1.807, 2.05) is 0 Å². The van der Waals surface area contributed by atoms with Crippen LogP contribution >= 0.6 is 63.7 Å². The molecule has 0 aliphatic carbocycles. The minimum absolute atomic E-state index is 0.682. The molecule has 56 heavy (non-hydrogen) atoms. The average Bonchev–Trinajstić information content (AvgIpc) is 3.17. The third-order valence-corrected chi connectivity index (χ3v) is 13.1. The minimum Gasteiger partial charge on any atom is -0.398 e. The van der Waals surface area contributed by atoms with Crippen LogP contribution in [0.3, 0.4) is 0 Å². The number of benzene rings is 5. The smallest absolute Gasteiger partial charge is 0.0447 e. The average molecular weight is 1010 g/mol. The molecule has 0 radical (unpaired) electrons. The van der Waals surface area contributed by atoms with Crippen molar-refractivity contribution >= 4 is 97.8 Å². The Labute approximate surface area is 370 Å². The summed E-state index contributed by atoms with van der Waals surface area (Å²) in [5.74, 6) is 0. The van der Waals surface area contributed by atoms with Crippen molar-refractivity contribution in [3.63, 3.8) is 0 Å². The summed E-state index contributed by atoms with van der Waals surface area (Å²) in [5.41, 5.74) is 26.4. The van der Waals surface area contributed by atoms with Crippen molar-refractivity contribution in [2.24, 2.45) is 0 Å². The molecule has 4 N–H and O–H groups in total. The molecular formula is C48H58Br4N4. The summed E-state index contributed by atoms with van der Waals surface area (Å²) in [6, 6.07) is 30.4. The highest BCUT2D eigenvalue weighted by atomic mass is 79.9. The molecule has 8 heteroatoms. The van der Waals surface area contributed by atoms with Crippen molar-refractivity contribution in [3.8, 4) is 22.3 Å². The van der Waals surface area contributed by atoms with E-state index in [0.29, 0.717) is 11.4 Å². The SMILES string of the molecule is CCCCCCCCN(c1ccc(Br)cc1)c1cc(-c2cc(N)c(-c3cc(N(CCCCCCCC)c4ccc(Br)cc4)c(C)cc3Br)cc2N)c(Br)cc1C. The highest BCUT2D eigenvalue weighted by molar-refractivity contribution is 9.11. The highest BCUT2D eigenvalue weighted by Crippen LogP contribution is 2.45. The number of hydrogen-bond acceptors (Lipinski definition) is 4. The maximum absolute atomic E-state index is 7.03. The molecule has 5 rings (SSSR count). The molecule has 0 amide bonds. The van der Waals surface area contributed by atoms with Crippen LogP contribution in [0, 0.1) is 13.8 Å². The molecule has 0 saturated heterocycles. The number of nitrogens with two attached hydrogens (primary N) is 2. The van der Waals surface area contributed by atoms with Gasteiger partial charge in [0.2, 0.25) is 0 Å². The summed E-state index contributed by atoms with van der Waals surface area (Å²) in [4.78, 5) is 4.91. The number of anilines is 6. The van der Waals surface area contributed by atoms with E-state index in [0.717, 1.165) is 66.1 Å². The van der Waals surface area contributed by atoms with Gasteiger partial charge in [-0.3, -0.25) is 0 Å². The van der Waals surface area contributed by atoms with E-state index in [2.05, 4.69) is 186 Å². The van der Waals surface area contributed by atoms with Crippen LogP contribution in [0.1, 0.15) is 102 Å². The van der Waals surface area contributed by atoms with Gasteiger partial charge in [-0.2, -0.15) is 0 Å². The van der Waals surface area contributed by atoms with Gasteiger partial charge in [-0.1, -0.05) is 142 Å². The molecule has 0 heterocycles. The lowest BCUT2D eigenvalue weighted by Gasteiger charge is -2.29. The second-order valence-electron chi connectivity index (χ2n) is 15.1. The molecule has 0 bridgehead atoms. The van der Waals surface area contributed by atoms with Crippen LogP contribution in [0.5, 0.6) is 0 Å². The second-order valence-corrected chi connectivity index (χ2v) is 18.6. The largest absolute Gasteiger partial charge is 0.398 e. The maximum atomic E-state index is 7.03. The van der Waals surface area contributed by atoms with E-state index in [1.165, 1.54) is 98.1 Å². The first-order valence-corrected chi connectivity index (χ1v) is 23.6. The Balaban J connectivity index is 1.51. The molecule has 298 valence electrons. The molecule has 0 atom stereocenters. The number of unbranched alkanes of at least 4 members (excludes halogenated alkanes) is 10. The van der Waals surface area contributed by atoms with Crippen LogP contribution in [0.15, 0.2) is 103 Å². The molecular weight excluding hydrogens is 952 g/mol. The first-order chi connectivity index (χ1) is 27.0. The highest BCUT2D eigenvalue weighted by Gasteiger charge is 2.21. The second kappa shape index (κ2) is 21.8. The van der Waals surface area contributed by atoms with Gasteiger partial charge in [-0.15, -0.1) is 0 Å². The maximum Gasteiger partial charge on any atom is 0.0447 e. The van der Waals surface area contributed by atoms with Crippen LogP contribution in [-0.2, 0) is 0 Å². The minimum atomic E-state index is 0.682. The zero-order valence-corrected chi connectivity index (χ0v) is 39.9. The molecule has 4 nitrogen and oxygen atoms in total. The topological polar surface area (TPSA) is 58.5 Å². The normalized spacial score (nSPS) is 11.3. The van der Waals surface area contributed by atoms with E-state index < -0.39 is 0 Å². The number of aryl methyl sites for hydroxylation is 2. The molecule has 0 aromatic heterocycles. The lowest BCUT2D eigenvalue weighted by Crippen LogP contribution is -2.19. The van der Waals surface area contributed by atoms with Gasteiger partial charge in [0.15, 0.2) is 0 Å². The summed E-state index contributed by atoms with van der Waals surface area (Å²) in [6.45, 7) is 10.8. The van der Waals surface area contributed by atoms with Crippen molar-refractivity contribution in [1.82, 2.24) is 0 Å². The zero-order valence-electron chi connectivity index (χ0n) is 33.5. The summed E-state index contributed by atoms with van der Waals surface area (Å²) < 4.78 is 4.13. The van der Waals surface area contributed by atoms with Crippen molar-refractivity contribution in [2.75, 3.05) is 34.4 Å². The van der Waals surface area contributed by atoms with Gasteiger partial charge in [0, 0.05) is 87.4 Å². The number of nitrogen functional groups attached to an aromatic ring is 2. The summed E-state index contributed by atoms with van der Waals surface area (Å²) in [5, 5.41) is 0. The van der Waals surface area contributed by atoms with Crippen molar-refractivity contribution < 1.29 is 0 Å². The molecule has 0 aliphatic rings. The Hall–Kier alpha value is -2.78. The van der Waals surface area contributed by atoms with Crippen molar-refractivity contribution in [3.05, 3.63) is 114 Å². The van der Waals surface area contributed by atoms with Gasteiger partial charge >= 0.3 is 0 Å². The summed E-state index contributed by atoms with van der Waals surface area (Å²) >= 11 is 15.1. The Morgan fingerprint density at radius 1 is 0.429 bits per heavy atom. The Kier molecular flexibility index (Phi) is 17.3. The van der Waals surface area contributed by atoms with Gasteiger partial charge in [0.05, 0.1) is 0 Å². The van der Waals surface area contributed by atoms with E-state index in [9.17, 15) is 0 Å². The summed E-state index contributed by atoms with van der Waals surface area (Å²) in [6.07, 6.45) is 15.0. The van der Waals surface area contributed by atoms with Crippen LogP contribution in [0.2, 0.25) is 0 Å². The number of rotatable bonds is 20. The first kappa shape index (κ1) is 44.3. The van der Waals surface area contributed by atoms with Crippen LogP contribution in [0.4, 0.5) is 34.1 Å². The summed E-state index contributed by atoms with van der Waals surface area (Å²) in [7, 11) is 0. The molecule has 0 spiro atoms. The van der Waals surface area contributed by atoms with Crippen LogP contribution < -0.4 is 21.3 Å². The van der Waals surface area contributed by atoms with E-state index in [-0.39, 0.29) is 0 Å². The molecule has 5 aromatic carbocycles. The Morgan fingerprint density at radius 3 is 1.12 bits per heavy atom. The van der Waals surface area contributed by atoms with E-state index in [1.54, 1.807) is 0 Å². The van der Waals surface area contributed by atoms with Gasteiger partial charge in [0.25, 0.3) is 0 Å². The third-order valence-electron chi connectivity index (χ3n) is 10.7. The van der Waals surface area contributed by atoms with E-state index >= 15 is 0 Å². The Morgan fingerprint density at radius 2 is 0.768 bits per heavy atom. The first-order valence-electron chi connectivity index (χ1n) is 20.4. The fraction of sp³-hybridized carbons (Fsp3) is 0.375. The van der Waals surface area contributed by atoms with Gasteiger partial charge in [-0.05, 0) is 123 Å².